The minimum Gasteiger partial charge on any atom is -0.481 e. The molecule has 0 saturated heterocycles. The fraction of sp³-hybridized carbons (Fsp3) is 0.917. The van der Waals surface area contributed by atoms with E-state index in [-0.39, 0.29) is 47.7 Å². The number of aliphatic carboxylic acids is 1. The molecule has 1 atom stereocenters. The fourth-order valence-corrected chi connectivity index (χ4v) is 1.16. The van der Waals surface area contributed by atoms with Crippen LogP contribution in [0, 0.1) is 47.7 Å². The summed E-state index contributed by atoms with van der Waals surface area (Å²) in [5.41, 5.74) is 0. The number of carboxylic acid groups (broad SMARTS) is 1. The van der Waals surface area contributed by atoms with Crippen LogP contribution in [0.1, 0.15) is 53.4 Å². The predicted octanol–water partition coefficient (Wildman–Crippen LogP) is 3.33. The van der Waals surface area contributed by atoms with Crippen LogP contribution in [0.2, 0.25) is 0 Å². The van der Waals surface area contributed by atoms with Gasteiger partial charge in [0.2, 0.25) is 0 Å². The van der Waals surface area contributed by atoms with E-state index in [0.717, 1.165) is 38.9 Å². The van der Waals surface area contributed by atoms with Crippen LogP contribution in [0.25, 0.3) is 0 Å². The normalized spacial score (nSPS) is 10.8. The van der Waals surface area contributed by atoms with E-state index < -0.39 is 5.97 Å². The number of hydrogen-bond acceptors (Lipinski definition) is 2. The minimum atomic E-state index is -0.643. The first-order chi connectivity index (χ1) is 7.13. The van der Waals surface area contributed by atoms with Crippen LogP contribution in [0.5, 0.6) is 0 Å². The van der Waals surface area contributed by atoms with Crippen molar-refractivity contribution in [3.63, 3.8) is 0 Å². The summed E-state index contributed by atoms with van der Waals surface area (Å²) in [6, 6.07) is 0. The first-order valence-corrected chi connectivity index (χ1v) is 5.94. The molecule has 4 heteroatoms. The van der Waals surface area contributed by atoms with Crippen LogP contribution in [0.15, 0.2) is 0 Å². The van der Waals surface area contributed by atoms with E-state index >= 15 is 0 Å². The van der Waals surface area contributed by atoms with Crippen molar-refractivity contribution in [2.75, 3.05) is 13.2 Å². The molecule has 0 heterocycles. The second-order valence-corrected chi connectivity index (χ2v) is 3.37. The molecule has 0 fully saturated rings. The van der Waals surface area contributed by atoms with Gasteiger partial charge in [0.1, 0.15) is 0 Å². The Morgan fingerprint density at radius 1 is 1.19 bits per heavy atom. The van der Waals surface area contributed by atoms with Gasteiger partial charge in [-0.25, -0.2) is 0 Å². The zero-order chi connectivity index (χ0) is 12.1. The molecule has 0 aromatic rings. The maximum atomic E-state index is 10.4. The number of unbranched alkanes of at least 4 members (excludes halogenated alkanes) is 1. The third-order valence-corrected chi connectivity index (χ3v) is 2.16. The van der Waals surface area contributed by atoms with E-state index in [9.17, 15) is 4.79 Å². The van der Waals surface area contributed by atoms with E-state index in [1.807, 2.05) is 20.8 Å². The molecular formula is C12H26CeO3. The standard InChI is InChI=1S/C8H16O2.C4H10O.Ce/c1-3-5-6-7(4-2)8(9)10;1-3-5-4-2;/h7H,3-6H2,1-2H3,(H,9,10);3-4H2,1-2H3;. The molecule has 0 aliphatic heterocycles. The molecule has 0 aliphatic rings. The van der Waals surface area contributed by atoms with Gasteiger partial charge in [-0.05, 0) is 26.7 Å². The molecular weight excluding hydrogens is 332 g/mol. The number of hydrogen-bond donors (Lipinski definition) is 1. The van der Waals surface area contributed by atoms with Crippen LogP contribution in [-0.2, 0) is 9.53 Å². The van der Waals surface area contributed by atoms with Crippen LogP contribution < -0.4 is 0 Å². The quantitative estimate of drug-likeness (QED) is 0.759. The van der Waals surface area contributed by atoms with E-state index in [1.54, 1.807) is 0 Å². The molecule has 0 aliphatic carbocycles. The zero-order valence-corrected chi connectivity index (χ0v) is 14.2. The molecule has 1 unspecified atom stereocenters. The Balaban J connectivity index is -0.000000242. The van der Waals surface area contributed by atoms with Crippen LogP contribution in [0.4, 0.5) is 0 Å². The molecule has 0 aromatic heterocycles. The first-order valence-electron chi connectivity index (χ1n) is 5.94. The molecule has 0 spiro atoms. The smallest absolute Gasteiger partial charge is 0.306 e. The van der Waals surface area contributed by atoms with Crippen molar-refractivity contribution in [2.24, 2.45) is 5.92 Å². The van der Waals surface area contributed by atoms with Crippen molar-refractivity contribution >= 4 is 5.97 Å². The van der Waals surface area contributed by atoms with Gasteiger partial charge in [-0.2, -0.15) is 0 Å². The summed E-state index contributed by atoms with van der Waals surface area (Å²) < 4.78 is 4.83. The number of carboxylic acids is 1. The molecule has 0 amide bonds. The molecule has 0 bridgehead atoms. The second kappa shape index (κ2) is 18.2. The largest absolute Gasteiger partial charge is 0.481 e. The summed E-state index contributed by atoms with van der Waals surface area (Å²) in [6.07, 6.45) is 3.71. The summed E-state index contributed by atoms with van der Waals surface area (Å²) in [5, 5.41) is 8.60. The Kier molecular flexibility index (Phi) is 25.0. The number of ether oxygens (including phenoxy) is 1. The molecule has 3 nitrogen and oxygen atoms in total. The Hall–Kier alpha value is 0.807. The van der Waals surface area contributed by atoms with Crippen molar-refractivity contribution in [3.8, 4) is 0 Å². The average Bonchev–Trinajstić information content (AvgIpc) is 2.20. The van der Waals surface area contributed by atoms with Gasteiger partial charge in [0.05, 0.1) is 5.92 Å². The van der Waals surface area contributed by atoms with Gasteiger partial charge in [-0.1, -0.05) is 26.7 Å². The molecule has 16 heavy (non-hydrogen) atoms. The first kappa shape index (κ1) is 22.0. The summed E-state index contributed by atoms with van der Waals surface area (Å²) >= 11 is 0. The molecule has 0 rings (SSSR count). The molecule has 96 valence electrons. The Bertz CT molecular complexity index is 138. The average molecular weight is 358 g/mol. The summed E-state index contributed by atoms with van der Waals surface area (Å²) in [6.45, 7) is 9.67. The van der Waals surface area contributed by atoms with E-state index in [4.69, 9.17) is 9.84 Å². The Morgan fingerprint density at radius 3 is 1.88 bits per heavy atom. The van der Waals surface area contributed by atoms with Crippen molar-refractivity contribution in [3.05, 3.63) is 0 Å². The van der Waals surface area contributed by atoms with Crippen LogP contribution >= 0.6 is 0 Å². The number of carbonyl (C=O) groups is 1. The van der Waals surface area contributed by atoms with Crippen molar-refractivity contribution in [1.29, 1.82) is 0 Å². The van der Waals surface area contributed by atoms with Gasteiger partial charge < -0.3 is 9.84 Å². The van der Waals surface area contributed by atoms with Gasteiger partial charge in [-0.15, -0.1) is 0 Å². The van der Waals surface area contributed by atoms with Gasteiger partial charge in [-0.3, -0.25) is 4.79 Å². The van der Waals surface area contributed by atoms with E-state index in [1.165, 1.54) is 0 Å². The second-order valence-electron chi connectivity index (χ2n) is 3.37. The van der Waals surface area contributed by atoms with E-state index in [2.05, 4.69) is 6.92 Å². The van der Waals surface area contributed by atoms with Crippen molar-refractivity contribution in [2.45, 2.75) is 53.4 Å². The summed E-state index contributed by atoms with van der Waals surface area (Å²) in [7, 11) is 0. The third kappa shape index (κ3) is 17.2. The van der Waals surface area contributed by atoms with Crippen LogP contribution in [0.3, 0.4) is 0 Å². The summed E-state index contributed by atoms with van der Waals surface area (Å²) in [4.78, 5) is 10.4. The Morgan fingerprint density at radius 2 is 1.69 bits per heavy atom. The maximum absolute atomic E-state index is 10.4. The topological polar surface area (TPSA) is 46.5 Å². The van der Waals surface area contributed by atoms with E-state index in [0.29, 0.717) is 0 Å². The van der Waals surface area contributed by atoms with Crippen molar-refractivity contribution < 1.29 is 56.4 Å². The van der Waals surface area contributed by atoms with Crippen LogP contribution in [-0.4, -0.2) is 24.3 Å². The van der Waals surface area contributed by atoms with Crippen molar-refractivity contribution in [1.82, 2.24) is 0 Å². The monoisotopic (exact) mass is 358 g/mol. The minimum absolute atomic E-state index is 0. The maximum Gasteiger partial charge on any atom is 0.306 e. The summed E-state index contributed by atoms with van der Waals surface area (Å²) in [5.74, 6) is -0.754. The van der Waals surface area contributed by atoms with Gasteiger partial charge in [0.25, 0.3) is 0 Å². The zero-order valence-electron chi connectivity index (χ0n) is 11.1. The fourth-order valence-electron chi connectivity index (χ4n) is 1.16. The number of rotatable bonds is 7. The molecule has 0 aromatic carbocycles. The SMILES string of the molecule is CCCCC(CC)C(=O)O.CCOCC.[Ce]. The third-order valence-electron chi connectivity index (χ3n) is 2.16. The van der Waals surface area contributed by atoms with Gasteiger partial charge in [0.15, 0.2) is 0 Å². The Labute approximate surface area is 134 Å². The molecule has 1 N–H and O–H groups in total. The van der Waals surface area contributed by atoms with Gasteiger partial charge in [0, 0.05) is 55.0 Å². The molecule has 0 saturated carbocycles. The van der Waals surface area contributed by atoms with Gasteiger partial charge >= 0.3 is 5.97 Å². The predicted molar refractivity (Wildman–Crippen MR) is 63.1 cm³/mol. The molecule has 0 radical (unpaired) electrons.